The number of likely N-dealkylation sites (tertiary alicyclic amines) is 2. The van der Waals surface area contributed by atoms with Crippen molar-refractivity contribution in [3.05, 3.63) is 29.8 Å². The largest absolute Gasteiger partial charge is 0.487 e. The van der Waals surface area contributed by atoms with Crippen molar-refractivity contribution in [3.63, 3.8) is 0 Å². The molecule has 2 aliphatic heterocycles. The van der Waals surface area contributed by atoms with E-state index < -0.39 is 0 Å². The summed E-state index contributed by atoms with van der Waals surface area (Å²) in [6.07, 6.45) is 2.74. The lowest BCUT2D eigenvalue weighted by Gasteiger charge is -2.42. The number of nitrogens with zero attached hydrogens (tertiary/aromatic N) is 2. The smallest absolute Gasteiger partial charge is 0.248 e. The van der Waals surface area contributed by atoms with Crippen molar-refractivity contribution in [3.8, 4) is 5.75 Å². The Morgan fingerprint density at radius 2 is 2.00 bits per heavy atom. The van der Waals surface area contributed by atoms with Gasteiger partial charge in [-0.2, -0.15) is 0 Å². The molecule has 0 unspecified atom stereocenters. The summed E-state index contributed by atoms with van der Waals surface area (Å²) < 4.78 is 10.9. The van der Waals surface area contributed by atoms with Gasteiger partial charge in [0.2, 0.25) is 11.8 Å². The molecule has 1 aromatic carbocycles. The maximum absolute atomic E-state index is 12.7. The van der Waals surface area contributed by atoms with Crippen molar-refractivity contribution < 1.29 is 19.1 Å². The third-order valence-corrected chi connectivity index (χ3v) is 5.16. The van der Waals surface area contributed by atoms with E-state index in [4.69, 9.17) is 9.47 Å². The van der Waals surface area contributed by atoms with E-state index in [1.54, 1.807) is 4.90 Å². The predicted molar refractivity (Wildman–Crippen MR) is 98.0 cm³/mol. The molecule has 2 heterocycles. The Hall–Kier alpha value is -2.08. The summed E-state index contributed by atoms with van der Waals surface area (Å²) in [4.78, 5) is 28.3. The molecule has 0 radical (unpaired) electrons. The van der Waals surface area contributed by atoms with Crippen LogP contribution in [-0.4, -0.2) is 67.6 Å². The molecule has 6 heteroatoms. The Morgan fingerprint density at radius 3 is 2.73 bits per heavy atom. The number of amides is 2. The fourth-order valence-corrected chi connectivity index (χ4v) is 3.60. The van der Waals surface area contributed by atoms with Crippen LogP contribution in [0.3, 0.4) is 0 Å². The van der Waals surface area contributed by atoms with Crippen LogP contribution in [0.4, 0.5) is 0 Å². The minimum Gasteiger partial charge on any atom is -0.487 e. The summed E-state index contributed by atoms with van der Waals surface area (Å²) in [6.45, 7) is 4.66. The summed E-state index contributed by atoms with van der Waals surface area (Å²) in [5.74, 6) is 0.872. The van der Waals surface area contributed by atoms with Gasteiger partial charge in [-0.05, 0) is 37.0 Å². The molecular weight excluding hydrogens is 332 g/mol. The first kappa shape index (κ1) is 18.7. The molecule has 1 aromatic rings. The van der Waals surface area contributed by atoms with Gasteiger partial charge in [-0.3, -0.25) is 9.59 Å². The third-order valence-electron chi connectivity index (χ3n) is 5.16. The van der Waals surface area contributed by atoms with Crippen LogP contribution in [0.25, 0.3) is 0 Å². The lowest BCUT2D eigenvalue weighted by molar-refractivity contribution is -0.148. The zero-order chi connectivity index (χ0) is 18.5. The van der Waals surface area contributed by atoms with Crippen molar-refractivity contribution in [1.29, 1.82) is 0 Å². The highest BCUT2D eigenvalue weighted by atomic mass is 16.5. The van der Waals surface area contributed by atoms with Crippen molar-refractivity contribution >= 4 is 11.8 Å². The van der Waals surface area contributed by atoms with E-state index in [0.717, 1.165) is 25.0 Å². The average Bonchev–Trinajstić information content (AvgIpc) is 2.64. The van der Waals surface area contributed by atoms with Crippen LogP contribution in [-0.2, 0) is 20.7 Å². The number of ether oxygens (including phenoxy) is 2. The lowest BCUT2D eigenvalue weighted by atomic mass is 9.94. The number of rotatable bonds is 6. The van der Waals surface area contributed by atoms with Crippen LogP contribution < -0.4 is 4.74 Å². The van der Waals surface area contributed by atoms with E-state index >= 15 is 0 Å². The maximum atomic E-state index is 12.7. The van der Waals surface area contributed by atoms with Crippen LogP contribution in [0, 0.1) is 5.92 Å². The zero-order valence-electron chi connectivity index (χ0n) is 15.6. The second kappa shape index (κ2) is 8.54. The monoisotopic (exact) mass is 360 g/mol. The van der Waals surface area contributed by atoms with Gasteiger partial charge in [0.05, 0.1) is 19.0 Å². The van der Waals surface area contributed by atoms with Crippen molar-refractivity contribution in [2.75, 3.05) is 39.9 Å². The first-order valence-electron chi connectivity index (χ1n) is 9.41. The molecule has 0 spiro atoms. The van der Waals surface area contributed by atoms with Crippen LogP contribution in [0.2, 0.25) is 0 Å². The number of hydrogen-bond acceptors (Lipinski definition) is 4. The van der Waals surface area contributed by atoms with Gasteiger partial charge in [-0.1, -0.05) is 19.1 Å². The molecule has 0 saturated carbocycles. The molecule has 0 aromatic heterocycles. The summed E-state index contributed by atoms with van der Waals surface area (Å²) >= 11 is 0. The van der Waals surface area contributed by atoms with Gasteiger partial charge in [0, 0.05) is 20.2 Å². The van der Waals surface area contributed by atoms with Gasteiger partial charge in [0.15, 0.2) is 0 Å². The van der Waals surface area contributed by atoms with E-state index in [9.17, 15) is 9.59 Å². The first-order valence-corrected chi connectivity index (χ1v) is 9.41. The number of hydrogen-bond donors (Lipinski definition) is 0. The number of benzene rings is 1. The molecule has 2 saturated heterocycles. The minimum absolute atomic E-state index is 0.0365. The fraction of sp³-hybridized carbons (Fsp3) is 0.600. The van der Waals surface area contributed by atoms with E-state index in [1.165, 1.54) is 12.7 Å². The van der Waals surface area contributed by atoms with Gasteiger partial charge >= 0.3 is 0 Å². The molecule has 2 fully saturated rings. The van der Waals surface area contributed by atoms with Gasteiger partial charge in [0.1, 0.15) is 18.5 Å². The number of carbonyl (C=O) groups excluding carboxylic acids is 2. The van der Waals surface area contributed by atoms with Crippen LogP contribution in [0.15, 0.2) is 24.3 Å². The highest BCUT2D eigenvalue weighted by Crippen LogP contribution is 2.24. The summed E-state index contributed by atoms with van der Waals surface area (Å²) in [5, 5.41) is 0. The Labute approximate surface area is 155 Å². The highest BCUT2D eigenvalue weighted by molar-refractivity contribution is 5.82. The molecule has 0 aliphatic carbocycles. The number of carbonyl (C=O) groups is 2. The SMILES string of the molecule is CCc1cccc(OC2CN(C(=O)[C@H]3CCCN(C(=O)COC)C3)C2)c1. The first-order chi connectivity index (χ1) is 12.6. The Morgan fingerprint density at radius 1 is 1.19 bits per heavy atom. The summed E-state index contributed by atoms with van der Waals surface area (Å²) in [5.41, 5.74) is 1.25. The predicted octanol–water partition coefficient (Wildman–Crippen LogP) is 1.72. The Bertz CT molecular complexity index is 642. The van der Waals surface area contributed by atoms with E-state index in [-0.39, 0.29) is 30.4 Å². The molecule has 2 aliphatic rings. The molecule has 0 N–H and O–H groups in total. The number of methoxy groups -OCH3 is 1. The zero-order valence-corrected chi connectivity index (χ0v) is 15.6. The van der Waals surface area contributed by atoms with Gasteiger partial charge in [0.25, 0.3) is 0 Å². The van der Waals surface area contributed by atoms with Crippen LogP contribution >= 0.6 is 0 Å². The second-order valence-corrected chi connectivity index (χ2v) is 7.10. The van der Waals surface area contributed by atoms with Crippen molar-refractivity contribution in [1.82, 2.24) is 9.80 Å². The number of aryl methyl sites for hydroxylation is 1. The molecule has 1 atom stereocenters. The molecule has 0 bridgehead atoms. The highest BCUT2D eigenvalue weighted by Gasteiger charge is 2.38. The maximum Gasteiger partial charge on any atom is 0.248 e. The molecule has 3 rings (SSSR count). The number of piperidine rings is 1. The standard InChI is InChI=1S/C20H28N2O4/c1-3-15-6-4-8-17(10-15)26-18-12-22(13-18)20(24)16-7-5-9-21(11-16)19(23)14-25-2/h4,6,8,10,16,18H,3,5,7,9,11-14H2,1-2H3/t16-/m0/s1. The molecule has 6 nitrogen and oxygen atoms in total. The quantitative estimate of drug-likeness (QED) is 0.775. The molecule has 26 heavy (non-hydrogen) atoms. The lowest BCUT2D eigenvalue weighted by Crippen LogP contribution is -2.59. The minimum atomic E-state index is -0.103. The second-order valence-electron chi connectivity index (χ2n) is 7.10. The normalized spacial score (nSPS) is 20.6. The summed E-state index contributed by atoms with van der Waals surface area (Å²) in [6, 6.07) is 8.11. The molecular formula is C20H28N2O4. The van der Waals surface area contributed by atoms with Gasteiger partial charge < -0.3 is 19.3 Å². The van der Waals surface area contributed by atoms with Crippen molar-refractivity contribution in [2.45, 2.75) is 32.3 Å². The topological polar surface area (TPSA) is 59.1 Å². The molecule has 142 valence electrons. The fourth-order valence-electron chi connectivity index (χ4n) is 3.60. The Balaban J connectivity index is 1.47. The van der Waals surface area contributed by atoms with Crippen molar-refractivity contribution in [2.24, 2.45) is 5.92 Å². The Kier molecular flexibility index (Phi) is 6.14. The van der Waals surface area contributed by atoms with E-state index in [0.29, 0.717) is 26.2 Å². The van der Waals surface area contributed by atoms with E-state index in [1.807, 2.05) is 17.0 Å². The summed E-state index contributed by atoms with van der Waals surface area (Å²) in [7, 11) is 1.51. The van der Waals surface area contributed by atoms with Crippen LogP contribution in [0.5, 0.6) is 5.75 Å². The third kappa shape index (κ3) is 4.36. The van der Waals surface area contributed by atoms with Gasteiger partial charge in [-0.15, -0.1) is 0 Å². The van der Waals surface area contributed by atoms with E-state index in [2.05, 4.69) is 19.1 Å². The van der Waals surface area contributed by atoms with Gasteiger partial charge in [-0.25, -0.2) is 0 Å². The average molecular weight is 360 g/mol. The molecule has 2 amide bonds. The van der Waals surface area contributed by atoms with Crippen LogP contribution in [0.1, 0.15) is 25.3 Å².